The lowest BCUT2D eigenvalue weighted by Crippen LogP contribution is -2.50. The van der Waals surface area contributed by atoms with Gasteiger partial charge in [0.1, 0.15) is 5.82 Å². The van der Waals surface area contributed by atoms with Gasteiger partial charge >= 0.3 is 0 Å². The molecule has 4 rings (SSSR count). The van der Waals surface area contributed by atoms with Crippen LogP contribution in [0, 0.1) is 12.7 Å². The van der Waals surface area contributed by atoms with Crippen LogP contribution in [0.5, 0.6) is 0 Å². The Morgan fingerprint density at radius 2 is 1.88 bits per heavy atom. The molecule has 0 spiro atoms. The normalized spacial score (nSPS) is 13.9. The molecule has 7 nitrogen and oxygen atoms in total. The molecule has 2 heterocycles. The molecule has 3 aromatic rings. The summed E-state index contributed by atoms with van der Waals surface area (Å²) in [6.45, 7) is 6.58. The van der Waals surface area contributed by atoms with Crippen molar-refractivity contribution in [3.8, 4) is 0 Å². The van der Waals surface area contributed by atoms with Crippen LogP contribution < -0.4 is 20.8 Å². The van der Waals surface area contributed by atoms with Gasteiger partial charge in [0.2, 0.25) is 0 Å². The van der Waals surface area contributed by atoms with E-state index in [4.69, 9.17) is 12.2 Å². The second-order valence-electron chi connectivity index (χ2n) is 7.99. The number of hydrogen-bond donors (Lipinski definition) is 1. The molecule has 1 aliphatic heterocycles. The zero-order chi connectivity index (χ0) is 23.7. The van der Waals surface area contributed by atoms with Gasteiger partial charge in [-0.1, -0.05) is 18.2 Å². The molecule has 0 unspecified atom stereocenters. The van der Waals surface area contributed by atoms with Gasteiger partial charge < -0.3 is 29.6 Å². The highest BCUT2D eigenvalue weighted by atomic mass is 32.1. The number of hydrogen-bond acceptors (Lipinski definition) is 5. The van der Waals surface area contributed by atoms with E-state index in [1.54, 1.807) is 10.6 Å². The Labute approximate surface area is 196 Å². The van der Waals surface area contributed by atoms with Gasteiger partial charge in [0.05, 0.1) is 22.7 Å². The molecule has 9 heteroatoms. The van der Waals surface area contributed by atoms with Crippen LogP contribution >= 0.6 is 12.2 Å². The molecule has 1 saturated heterocycles. The number of benzene rings is 2. The van der Waals surface area contributed by atoms with Crippen molar-refractivity contribution in [2.24, 2.45) is 0 Å². The Bertz CT molecular complexity index is 1300. The fourth-order valence-electron chi connectivity index (χ4n) is 4.11. The molecule has 0 aliphatic carbocycles. The van der Waals surface area contributed by atoms with Gasteiger partial charge in [-0.05, 0) is 49.8 Å². The number of thiocarbonyl (C=S) groups is 1. The minimum atomic E-state index is -1.57. The number of para-hydroxylation sites is 1. The van der Waals surface area contributed by atoms with Crippen LogP contribution in [0.25, 0.3) is 10.9 Å². The third-order valence-corrected chi connectivity index (χ3v) is 6.36. The Kier molecular flexibility index (Phi) is 6.33. The fourth-order valence-corrected chi connectivity index (χ4v) is 4.40. The maximum atomic E-state index is 15.0. The first-order valence-corrected chi connectivity index (χ1v) is 11.2. The van der Waals surface area contributed by atoms with Crippen molar-refractivity contribution in [1.82, 2.24) is 9.47 Å². The predicted octanol–water partition coefficient (Wildman–Crippen LogP) is 2.35. The first-order valence-electron chi connectivity index (χ1n) is 10.7. The van der Waals surface area contributed by atoms with Crippen molar-refractivity contribution in [1.29, 1.82) is 0 Å². The third-order valence-electron chi connectivity index (χ3n) is 6.00. The molecule has 0 amide bonds. The van der Waals surface area contributed by atoms with E-state index >= 15 is 4.39 Å². The molecular weight excluding hydrogens is 443 g/mol. The van der Waals surface area contributed by atoms with Crippen LogP contribution in [0.1, 0.15) is 22.8 Å². The monoisotopic (exact) mass is 467 g/mol. The highest BCUT2D eigenvalue weighted by Gasteiger charge is 2.23. The summed E-state index contributed by atoms with van der Waals surface area (Å²) in [5.41, 5.74) is 1.71. The number of rotatable bonds is 4. The average molecular weight is 468 g/mol. The minimum Gasteiger partial charge on any atom is -0.545 e. The van der Waals surface area contributed by atoms with Gasteiger partial charge in [0, 0.05) is 50.0 Å². The van der Waals surface area contributed by atoms with E-state index < -0.39 is 22.8 Å². The van der Waals surface area contributed by atoms with Crippen LogP contribution in [0.4, 0.5) is 15.8 Å². The molecule has 2 aromatic carbocycles. The molecule has 1 aliphatic rings. The smallest absolute Gasteiger partial charge is 0.198 e. The number of carboxylic acid groups (broad SMARTS) is 1. The number of carboxylic acids is 1. The fraction of sp³-hybridized carbons (Fsp3) is 0.292. The van der Waals surface area contributed by atoms with Crippen LogP contribution in [0.15, 0.2) is 47.4 Å². The average Bonchev–Trinajstić information content (AvgIpc) is 2.80. The third kappa shape index (κ3) is 4.41. The van der Waals surface area contributed by atoms with Crippen molar-refractivity contribution in [2.75, 3.05) is 36.4 Å². The molecule has 0 atom stereocenters. The highest BCUT2D eigenvalue weighted by molar-refractivity contribution is 7.80. The van der Waals surface area contributed by atoms with E-state index in [-0.39, 0.29) is 5.39 Å². The zero-order valence-electron chi connectivity index (χ0n) is 18.4. The summed E-state index contributed by atoms with van der Waals surface area (Å²) in [6.07, 6.45) is 1.26. The second-order valence-corrected chi connectivity index (χ2v) is 8.37. The summed E-state index contributed by atoms with van der Waals surface area (Å²) in [7, 11) is 0. The van der Waals surface area contributed by atoms with E-state index in [1.807, 2.05) is 47.9 Å². The Balaban J connectivity index is 1.56. The highest BCUT2D eigenvalue weighted by Crippen LogP contribution is 2.26. The molecule has 1 aromatic heterocycles. The zero-order valence-corrected chi connectivity index (χ0v) is 19.2. The van der Waals surface area contributed by atoms with E-state index in [0.29, 0.717) is 49.0 Å². The van der Waals surface area contributed by atoms with E-state index in [9.17, 15) is 14.7 Å². The SMILES string of the molecule is CCn1cc(C(=O)[O-])c(=O)c2cc(F)c(N3CCN(C(=S)Nc4ccccc4C)CC3)cc21. The Morgan fingerprint density at radius 3 is 2.52 bits per heavy atom. The second kappa shape index (κ2) is 9.19. The number of aryl methyl sites for hydroxylation is 2. The van der Waals surface area contributed by atoms with Gasteiger partial charge in [-0.25, -0.2) is 4.39 Å². The first-order chi connectivity index (χ1) is 15.8. The van der Waals surface area contributed by atoms with Gasteiger partial charge in [-0.15, -0.1) is 0 Å². The number of nitrogens with zero attached hydrogens (tertiary/aromatic N) is 3. The number of aromatic nitrogens is 1. The van der Waals surface area contributed by atoms with Gasteiger partial charge in [0.15, 0.2) is 10.5 Å². The van der Waals surface area contributed by atoms with E-state index in [2.05, 4.69) is 5.32 Å². The molecular formula is C24H24FN4O3S-. The summed E-state index contributed by atoms with van der Waals surface area (Å²) in [6, 6.07) is 10.7. The summed E-state index contributed by atoms with van der Waals surface area (Å²) < 4.78 is 16.7. The minimum absolute atomic E-state index is 0.0297. The lowest BCUT2D eigenvalue weighted by atomic mass is 10.1. The quantitative estimate of drug-likeness (QED) is 0.590. The van der Waals surface area contributed by atoms with Gasteiger partial charge in [-0.2, -0.15) is 0 Å². The number of pyridine rings is 1. The number of fused-ring (bicyclic) bond motifs is 1. The Hall–Kier alpha value is -3.46. The van der Waals surface area contributed by atoms with Crippen molar-refractivity contribution in [3.63, 3.8) is 0 Å². The summed E-state index contributed by atoms with van der Waals surface area (Å²) in [4.78, 5) is 27.8. The van der Waals surface area contributed by atoms with Crippen molar-refractivity contribution >= 4 is 45.6 Å². The topological polar surface area (TPSA) is 80.6 Å². The van der Waals surface area contributed by atoms with Crippen LogP contribution in [0.2, 0.25) is 0 Å². The lowest BCUT2D eigenvalue weighted by molar-refractivity contribution is -0.255. The maximum Gasteiger partial charge on any atom is 0.198 e. The Morgan fingerprint density at radius 1 is 1.18 bits per heavy atom. The van der Waals surface area contributed by atoms with Crippen molar-refractivity contribution < 1.29 is 14.3 Å². The van der Waals surface area contributed by atoms with Crippen LogP contribution in [-0.2, 0) is 6.54 Å². The number of halogens is 1. The largest absolute Gasteiger partial charge is 0.545 e. The van der Waals surface area contributed by atoms with Gasteiger partial charge in [-0.3, -0.25) is 4.79 Å². The number of aromatic carboxylic acids is 1. The number of carbonyl (C=O) groups is 1. The summed E-state index contributed by atoms with van der Waals surface area (Å²) >= 11 is 5.57. The first kappa shape index (κ1) is 22.7. The predicted molar refractivity (Wildman–Crippen MR) is 129 cm³/mol. The number of piperazine rings is 1. The lowest BCUT2D eigenvalue weighted by Gasteiger charge is -2.37. The molecule has 1 N–H and O–H groups in total. The van der Waals surface area contributed by atoms with E-state index in [0.717, 1.165) is 17.3 Å². The molecule has 0 radical (unpaired) electrons. The number of nitrogens with one attached hydrogen (secondary N) is 1. The standard InChI is InChI=1S/C24H25FN4O3S/c1-3-27-14-17(23(31)32)22(30)16-12-18(25)21(13-20(16)27)28-8-10-29(11-9-28)24(33)26-19-7-5-4-6-15(19)2/h4-7,12-14H,3,8-11H2,1-2H3,(H,26,33)(H,31,32)/p-1. The van der Waals surface area contributed by atoms with E-state index in [1.165, 1.54) is 6.20 Å². The van der Waals surface area contributed by atoms with Crippen LogP contribution in [0.3, 0.4) is 0 Å². The molecule has 0 saturated carbocycles. The van der Waals surface area contributed by atoms with Crippen LogP contribution in [-0.4, -0.2) is 46.7 Å². The van der Waals surface area contributed by atoms with Crippen molar-refractivity contribution in [3.05, 3.63) is 69.8 Å². The summed E-state index contributed by atoms with van der Waals surface area (Å²) in [5, 5.41) is 15.2. The summed E-state index contributed by atoms with van der Waals surface area (Å²) in [5.74, 6) is -2.13. The number of carbonyl (C=O) groups excluding carboxylic acids is 1. The molecule has 1 fully saturated rings. The number of anilines is 2. The van der Waals surface area contributed by atoms with Gasteiger partial charge in [0.25, 0.3) is 0 Å². The maximum absolute atomic E-state index is 15.0. The molecule has 0 bridgehead atoms. The van der Waals surface area contributed by atoms with Crippen molar-refractivity contribution in [2.45, 2.75) is 20.4 Å². The molecule has 172 valence electrons. The molecule has 33 heavy (non-hydrogen) atoms.